The van der Waals surface area contributed by atoms with E-state index in [-0.39, 0.29) is 36.4 Å². The minimum atomic E-state index is -0.270. The summed E-state index contributed by atoms with van der Waals surface area (Å²) in [5.74, 6) is 0.0163. The van der Waals surface area contributed by atoms with Gasteiger partial charge in [0.05, 0.1) is 0 Å². The molecule has 2 aliphatic rings. The first-order valence-electron chi connectivity index (χ1n) is 13.1. The SMILES string of the molecule is C=Cc1c[c-]c2c(c1)-c1cc(C=C)ccc1C2.CC1=CC(C)[C-]=C1.Fc1cccc([C](=[Zr+2])c2cccc(F)c2)c1.[Cl-].[Cl-]. The fourth-order valence-corrected chi connectivity index (χ4v) is 5.34. The van der Waals surface area contributed by atoms with Crippen LogP contribution in [0.1, 0.15) is 47.2 Å². The summed E-state index contributed by atoms with van der Waals surface area (Å²) < 4.78 is 27.0. The minimum absolute atomic E-state index is 0. The molecule has 4 aromatic rings. The molecule has 0 N–H and O–H groups in total. The molecule has 212 valence electrons. The number of rotatable bonds is 4. The molecular weight excluding hydrogens is 645 g/mol. The summed E-state index contributed by atoms with van der Waals surface area (Å²) in [5.41, 5.74) is 10.5. The summed E-state index contributed by atoms with van der Waals surface area (Å²) in [7, 11) is 0. The van der Waals surface area contributed by atoms with Gasteiger partial charge in [0.2, 0.25) is 0 Å². The molecule has 1 unspecified atom stereocenters. The molecule has 0 aliphatic heterocycles. The van der Waals surface area contributed by atoms with Gasteiger partial charge < -0.3 is 24.8 Å². The maximum atomic E-state index is 13.0. The minimum Gasteiger partial charge on any atom is -1.00 e. The van der Waals surface area contributed by atoms with Crippen molar-refractivity contribution < 1.29 is 57.8 Å². The molecular formula is C37H30Cl2F2Zr-2. The molecule has 0 fully saturated rings. The van der Waals surface area contributed by atoms with E-state index in [1.54, 1.807) is 12.1 Å². The van der Waals surface area contributed by atoms with Gasteiger partial charge in [-0.15, -0.1) is 30.7 Å². The van der Waals surface area contributed by atoms with Gasteiger partial charge in [-0.1, -0.05) is 54.8 Å². The van der Waals surface area contributed by atoms with Crippen LogP contribution in [0, 0.1) is 29.7 Å². The Labute approximate surface area is 275 Å². The molecule has 6 rings (SSSR count). The number of hydrogen-bond acceptors (Lipinski definition) is 0. The van der Waals surface area contributed by atoms with Gasteiger partial charge in [0.25, 0.3) is 0 Å². The predicted octanol–water partition coefficient (Wildman–Crippen LogP) is 3.37. The van der Waals surface area contributed by atoms with E-state index < -0.39 is 0 Å². The van der Waals surface area contributed by atoms with Crippen LogP contribution in [0.5, 0.6) is 0 Å². The van der Waals surface area contributed by atoms with Crippen molar-refractivity contribution in [1.29, 1.82) is 0 Å². The van der Waals surface area contributed by atoms with Gasteiger partial charge >= 0.3 is 108 Å². The van der Waals surface area contributed by atoms with Crippen LogP contribution in [-0.4, -0.2) is 3.21 Å². The van der Waals surface area contributed by atoms with Crippen molar-refractivity contribution in [1.82, 2.24) is 0 Å². The first-order chi connectivity index (χ1) is 19.3. The van der Waals surface area contributed by atoms with Gasteiger partial charge in [-0.05, 0) is 12.0 Å². The Kier molecular flexibility index (Phi) is 13.9. The standard InChI is InChI=1S/C17H13.C13H8F2.C7H9.2ClH.Zr/c1-3-12-5-7-14-11-15-8-6-13(4-2)10-17(15)16(14)9-12;14-12-5-1-3-10(8-12)7-11-4-2-6-13(15)9-11;1-6-3-4-7(2)5-6;;;/h3-7,9-10H,1-2,11H2;1-6,8-9H;3,5,7H,1-2H3;2*1H;/q-1;;-1;;;+2/p-2. The Balaban J connectivity index is 0.000000231. The Hall–Kier alpha value is -2.97. The molecule has 0 saturated carbocycles. The Bertz CT molecular complexity index is 1530. The van der Waals surface area contributed by atoms with Crippen molar-refractivity contribution >= 4 is 15.4 Å². The normalized spacial score (nSPS) is 13.4. The summed E-state index contributed by atoms with van der Waals surface area (Å²) in [5, 5.41) is 0. The van der Waals surface area contributed by atoms with Crippen LogP contribution >= 0.6 is 0 Å². The third-order valence-corrected chi connectivity index (χ3v) is 8.04. The van der Waals surface area contributed by atoms with Crippen LogP contribution in [-0.2, 0) is 30.7 Å². The molecule has 0 aromatic heterocycles. The van der Waals surface area contributed by atoms with E-state index in [1.807, 2.05) is 36.4 Å². The van der Waals surface area contributed by atoms with Crippen LogP contribution in [0.25, 0.3) is 23.3 Å². The van der Waals surface area contributed by atoms with Crippen LogP contribution < -0.4 is 24.8 Å². The molecule has 0 radical (unpaired) electrons. The molecule has 1 atom stereocenters. The second kappa shape index (κ2) is 16.6. The smallest absolute Gasteiger partial charge is 1.00 e. The van der Waals surface area contributed by atoms with Crippen LogP contribution in [0.2, 0.25) is 0 Å². The molecule has 0 spiro atoms. The first kappa shape index (κ1) is 35.2. The van der Waals surface area contributed by atoms with Crippen molar-refractivity contribution in [2.45, 2.75) is 20.3 Å². The van der Waals surface area contributed by atoms with E-state index in [4.69, 9.17) is 0 Å². The second-order valence-corrected chi connectivity index (χ2v) is 11.0. The third-order valence-electron chi connectivity index (χ3n) is 6.63. The Morgan fingerprint density at radius 1 is 0.857 bits per heavy atom. The Morgan fingerprint density at radius 2 is 1.45 bits per heavy atom. The number of benzene rings is 4. The number of hydrogen-bond donors (Lipinski definition) is 0. The van der Waals surface area contributed by atoms with Crippen LogP contribution in [0.4, 0.5) is 8.78 Å². The molecule has 0 amide bonds. The summed E-state index contributed by atoms with van der Waals surface area (Å²) in [4.78, 5) is 0. The average molecular weight is 675 g/mol. The largest absolute Gasteiger partial charge is 1.00 e. The van der Waals surface area contributed by atoms with Crippen molar-refractivity contribution in [3.05, 3.63) is 167 Å². The number of fused-ring (bicyclic) bond motifs is 3. The summed E-state index contributed by atoms with van der Waals surface area (Å²) in [6, 6.07) is 26.8. The molecule has 5 heteroatoms. The zero-order chi connectivity index (χ0) is 28.6. The molecule has 42 heavy (non-hydrogen) atoms. The van der Waals surface area contributed by atoms with Gasteiger partial charge in [0.15, 0.2) is 0 Å². The fourth-order valence-electron chi connectivity index (χ4n) is 4.57. The van der Waals surface area contributed by atoms with Crippen LogP contribution in [0.3, 0.4) is 0 Å². The van der Waals surface area contributed by atoms with Gasteiger partial charge in [-0.2, -0.15) is 29.8 Å². The van der Waals surface area contributed by atoms with Crippen molar-refractivity contribution in [3.8, 4) is 11.1 Å². The van der Waals surface area contributed by atoms with E-state index in [0.29, 0.717) is 5.92 Å². The maximum absolute atomic E-state index is 13.0. The van der Waals surface area contributed by atoms with E-state index in [1.165, 1.54) is 57.7 Å². The van der Waals surface area contributed by atoms with E-state index >= 15 is 0 Å². The van der Waals surface area contributed by atoms with Gasteiger partial charge in [-0.25, -0.2) is 11.6 Å². The fraction of sp³-hybridized carbons (Fsp3) is 0.108. The second-order valence-electron chi connectivity index (χ2n) is 9.73. The van der Waals surface area contributed by atoms with E-state index in [2.05, 4.69) is 69.5 Å². The summed E-state index contributed by atoms with van der Waals surface area (Å²) in [6.07, 6.45) is 12.1. The number of halogens is 4. The Morgan fingerprint density at radius 3 is 1.93 bits per heavy atom. The number of allylic oxidation sites excluding steroid dienone is 4. The summed E-state index contributed by atoms with van der Waals surface area (Å²) in [6.45, 7) is 11.9. The van der Waals surface area contributed by atoms with Crippen LogP contribution in [0.15, 0.2) is 110 Å². The van der Waals surface area contributed by atoms with E-state index in [0.717, 1.165) is 50.6 Å². The third kappa shape index (κ3) is 9.27. The zero-order valence-electron chi connectivity index (χ0n) is 23.5. The van der Waals surface area contributed by atoms with Crippen molar-refractivity contribution in [2.24, 2.45) is 5.92 Å². The molecule has 4 aromatic carbocycles. The predicted molar refractivity (Wildman–Crippen MR) is 160 cm³/mol. The maximum Gasteiger partial charge on any atom is -1.00 e. The first-order valence-corrected chi connectivity index (χ1v) is 14.3. The molecule has 0 bridgehead atoms. The van der Waals surface area contributed by atoms with Gasteiger partial charge in [0.1, 0.15) is 0 Å². The summed E-state index contributed by atoms with van der Waals surface area (Å²) >= 11 is 1.13. The van der Waals surface area contributed by atoms with Gasteiger partial charge in [-0.3, -0.25) is 6.08 Å². The van der Waals surface area contributed by atoms with Gasteiger partial charge in [0, 0.05) is 0 Å². The molecule has 2 aliphatic carbocycles. The topological polar surface area (TPSA) is 0 Å². The van der Waals surface area contributed by atoms with Crippen molar-refractivity contribution in [2.75, 3.05) is 0 Å². The van der Waals surface area contributed by atoms with Crippen molar-refractivity contribution in [3.63, 3.8) is 0 Å². The molecule has 0 heterocycles. The zero-order valence-corrected chi connectivity index (χ0v) is 27.5. The molecule has 0 nitrogen and oxygen atoms in total. The average Bonchev–Trinajstić information content (AvgIpc) is 3.53. The quantitative estimate of drug-likeness (QED) is 0.257. The molecule has 0 saturated heterocycles. The van der Waals surface area contributed by atoms with E-state index in [9.17, 15) is 8.78 Å². The monoisotopic (exact) mass is 672 g/mol.